The molecule has 4 nitrogen and oxygen atoms in total. The van der Waals surface area contributed by atoms with E-state index in [1.54, 1.807) is 6.07 Å². The first-order valence-corrected chi connectivity index (χ1v) is 8.74. The highest BCUT2D eigenvalue weighted by Crippen LogP contribution is 2.25. The van der Waals surface area contributed by atoms with Gasteiger partial charge in [-0.1, -0.05) is 35.9 Å². The van der Waals surface area contributed by atoms with E-state index in [2.05, 4.69) is 4.72 Å². The van der Waals surface area contributed by atoms with E-state index in [0.717, 1.165) is 22.4 Å². The normalized spacial score (nSPS) is 17.6. The molecule has 3 rings (SSSR count). The SMILES string of the molecule is Cc1ccc(S(=O)(=O)NC2COc3ccccc3C2)c(C)c1. The zero-order valence-electron chi connectivity index (χ0n) is 12.7. The summed E-state index contributed by atoms with van der Waals surface area (Å²) >= 11 is 0. The van der Waals surface area contributed by atoms with E-state index in [9.17, 15) is 8.42 Å². The molecule has 1 unspecified atom stereocenters. The van der Waals surface area contributed by atoms with E-state index in [4.69, 9.17) is 4.74 Å². The number of rotatable bonds is 3. The number of aryl methyl sites for hydroxylation is 2. The van der Waals surface area contributed by atoms with Gasteiger partial charge in [0.15, 0.2) is 0 Å². The summed E-state index contributed by atoms with van der Waals surface area (Å²) in [6.45, 7) is 4.11. The van der Waals surface area contributed by atoms with Crippen molar-refractivity contribution in [2.45, 2.75) is 31.2 Å². The first kappa shape index (κ1) is 15.1. The third-order valence-corrected chi connectivity index (χ3v) is 5.50. The van der Waals surface area contributed by atoms with Gasteiger partial charge in [0, 0.05) is 0 Å². The number of hydrogen-bond acceptors (Lipinski definition) is 3. The fourth-order valence-electron chi connectivity index (χ4n) is 2.79. The molecule has 0 amide bonds. The molecule has 0 saturated heterocycles. The molecule has 0 saturated carbocycles. The summed E-state index contributed by atoms with van der Waals surface area (Å²) in [5, 5.41) is 0. The lowest BCUT2D eigenvalue weighted by Crippen LogP contribution is -2.42. The van der Waals surface area contributed by atoms with E-state index < -0.39 is 10.0 Å². The Morgan fingerprint density at radius 2 is 1.91 bits per heavy atom. The van der Waals surface area contributed by atoms with Crippen LogP contribution in [-0.2, 0) is 16.4 Å². The fourth-order valence-corrected chi connectivity index (χ4v) is 4.23. The van der Waals surface area contributed by atoms with E-state index in [0.29, 0.717) is 17.9 Å². The van der Waals surface area contributed by atoms with Gasteiger partial charge in [-0.15, -0.1) is 0 Å². The van der Waals surface area contributed by atoms with Gasteiger partial charge in [-0.3, -0.25) is 0 Å². The number of fused-ring (bicyclic) bond motifs is 1. The topological polar surface area (TPSA) is 55.4 Å². The summed E-state index contributed by atoms with van der Waals surface area (Å²) in [7, 11) is -3.54. The van der Waals surface area contributed by atoms with E-state index in [1.165, 1.54) is 0 Å². The van der Waals surface area contributed by atoms with Gasteiger partial charge in [0.25, 0.3) is 0 Å². The molecule has 0 bridgehead atoms. The van der Waals surface area contributed by atoms with E-state index in [1.807, 2.05) is 50.2 Å². The van der Waals surface area contributed by atoms with Crippen molar-refractivity contribution < 1.29 is 13.2 Å². The van der Waals surface area contributed by atoms with Crippen molar-refractivity contribution >= 4 is 10.0 Å². The third kappa shape index (κ3) is 3.00. The van der Waals surface area contributed by atoms with Crippen LogP contribution in [0.2, 0.25) is 0 Å². The van der Waals surface area contributed by atoms with Crippen molar-refractivity contribution in [3.05, 3.63) is 59.2 Å². The Balaban J connectivity index is 1.81. The van der Waals surface area contributed by atoms with E-state index in [-0.39, 0.29) is 6.04 Å². The molecule has 1 heterocycles. The molecular formula is C17H19NO3S. The fraction of sp³-hybridized carbons (Fsp3) is 0.294. The van der Waals surface area contributed by atoms with Crippen molar-refractivity contribution in [3.63, 3.8) is 0 Å². The molecule has 1 N–H and O–H groups in total. The van der Waals surface area contributed by atoms with Crippen molar-refractivity contribution in [3.8, 4) is 5.75 Å². The van der Waals surface area contributed by atoms with Gasteiger partial charge >= 0.3 is 0 Å². The van der Waals surface area contributed by atoms with Crippen LogP contribution in [-0.4, -0.2) is 21.1 Å². The number of nitrogens with one attached hydrogen (secondary N) is 1. The van der Waals surface area contributed by atoms with Crippen molar-refractivity contribution in [1.82, 2.24) is 4.72 Å². The first-order valence-electron chi connectivity index (χ1n) is 7.26. The van der Waals surface area contributed by atoms with Crippen LogP contribution < -0.4 is 9.46 Å². The highest BCUT2D eigenvalue weighted by Gasteiger charge is 2.26. The van der Waals surface area contributed by atoms with Crippen molar-refractivity contribution in [2.24, 2.45) is 0 Å². The Hall–Kier alpha value is -1.85. The van der Waals surface area contributed by atoms with Gasteiger partial charge in [-0.2, -0.15) is 0 Å². The van der Waals surface area contributed by atoms with Crippen LogP contribution >= 0.6 is 0 Å². The van der Waals surface area contributed by atoms with Crippen LogP contribution in [0, 0.1) is 13.8 Å². The average molecular weight is 317 g/mol. The molecule has 1 atom stereocenters. The summed E-state index contributed by atoms with van der Waals surface area (Å²) in [5.74, 6) is 0.837. The molecule has 0 aromatic heterocycles. The van der Waals surface area contributed by atoms with Crippen LogP contribution in [0.15, 0.2) is 47.4 Å². The lowest BCUT2D eigenvalue weighted by atomic mass is 10.0. The van der Waals surface area contributed by atoms with Crippen LogP contribution in [0.25, 0.3) is 0 Å². The quantitative estimate of drug-likeness (QED) is 0.946. The average Bonchev–Trinajstić information content (AvgIpc) is 2.46. The molecule has 116 valence electrons. The Bertz CT molecular complexity index is 799. The molecule has 2 aromatic carbocycles. The number of ether oxygens (including phenoxy) is 1. The minimum absolute atomic E-state index is 0.249. The standard InChI is InChI=1S/C17H19NO3S/c1-12-7-8-17(13(2)9-12)22(19,20)18-15-10-14-5-3-4-6-16(14)21-11-15/h3-9,15,18H,10-11H2,1-2H3. The van der Waals surface area contributed by atoms with E-state index >= 15 is 0 Å². The maximum absolute atomic E-state index is 12.6. The maximum Gasteiger partial charge on any atom is 0.241 e. The predicted octanol–water partition coefficient (Wildman–Crippen LogP) is 2.59. The molecule has 0 radical (unpaired) electrons. The molecule has 0 aliphatic carbocycles. The summed E-state index contributed by atoms with van der Waals surface area (Å²) in [5.41, 5.74) is 2.83. The minimum atomic E-state index is -3.54. The van der Waals surface area contributed by atoms with Gasteiger partial charge in [0.05, 0.1) is 10.9 Å². The monoisotopic (exact) mass is 317 g/mol. The Labute approximate surface area is 131 Å². The first-order chi connectivity index (χ1) is 10.5. The van der Waals surface area contributed by atoms with Crippen molar-refractivity contribution in [2.75, 3.05) is 6.61 Å². The Morgan fingerprint density at radius 3 is 2.68 bits per heavy atom. The minimum Gasteiger partial charge on any atom is -0.492 e. The largest absolute Gasteiger partial charge is 0.492 e. The molecule has 2 aromatic rings. The Kier molecular flexibility index (Phi) is 3.93. The number of para-hydroxylation sites is 1. The van der Waals surface area contributed by atoms with Crippen LogP contribution in [0.5, 0.6) is 5.75 Å². The van der Waals surface area contributed by atoms with Crippen LogP contribution in [0.1, 0.15) is 16.7 Å². The van der Waals surface area contributed by atoms with Crippen LogP contribution in [0.4, 0.5) is 0 Å². The molecule has 22 heavy (non-hydrogen) atoms. The number of sulfonamides is 1. The van der Waals surface area contributed by atoms with Gasteiger partial charge in [-0.25, -0.2) is 13.1 Å². The molecule has 1 aliphatic heterocycles. The van der Waals surface area contributed by atoms with Gasteiger partial charge < -0.3 is 4.74 Å². The second kappa shape index (κ2) is 5.74. The maximum atomic E-state index is 12.6. The molecular weight excluding hydrogens is 298 g/mol. The van der Waals surface area contributed by atoms with Crippen LogP contribution in [0.3, 0.4) is 0 Å². The Morgan fingerprint density at radius 1 is 1.14 bits per heavy atom. The molecule has 0 fully saturated rings. The summed E-state index contributed by atoms with van der Waals surface area (Å²) < 4.78 is 33.6. The molecule has 5 heteroatoms. The lowest BCUT2D eigenvalue weighted by Gasteiger charge is -2.26. The smallest absolute Gasteiger partial charge is 0.241 e. The molecule has 1 aliphatic rings. The highest BCUT2D eigenvalue weighted by molar-refractivity contribution is 7.89. The van der Waals surface area contributed by atoms with Gasteiger partial charge in [0.2, 0.25) is 10.0 Å². The second-order valence-corrected chi connectivity index (χ2v) is 7.39. The summed E-state index contributed by atoms with van der Waals surface area (Å²) in [6, 6.07) is 12.8. The van der Waals surface area contributed by atoms with Gasteiger partial charge in [-0.05, 0) is 43.5 Å². The molecule has 0 spiro atoms. The zero-order valence-corrected chi connectivity index (χ0v) is 13.5. The zero-order chi connectivity index (χ0) is 15.7. The third-order valence-electron chi connectivity index (χ3n) is 3.82. The summed E-state index contributed by atoms with van der Waals surface area (Å²) in [6.07, 6.45) is 0.639. The lowest BCUT2D eigenvalue weighted by molar-refractivity contribution is 0.254. The van der Waals surface area contributed by atoms with Gasteiger partial charge in [0.1, 0.15) is 12.4 Å². The number of hydrogen-bond donors (Lipinski definition) is 1. The summed E-state index contributed by atoms with van der Waals surface area (Å²) in [4.78, 5) is 0.331. The number of benzene rings is 2. The highest BCUT2D eigenvalue weighted by atomic mass is 32.2. The van der Waals surface area contributed by atoms with Crippen molar-refractivity contribution in [1.29, 1.82) is 0 Å². The second-order valence-electron chi connectivity index (χ2n) is 5.71. The predicted molar refractivity (Wildman–Crippen MR) is 85.7 cm³/mol.